The molecule has 3 nitrogen and oxygen atoms in total. The highest BCUT2D eigenvalue weighted by Gasteiger charge is 2.21. The Morgan fingerprint density at radius 1 is 1.44 bits per heavy atom. The molecule has 1 atom stereocenters. The summed E-state index contributed by atoms with van der Waals surface area (Å²) in [5.41, 5.74) is 0.389. The van der Waals surface area contributed by atoms with E-state index >= 15 is 0 Å². The Kier molecular flexibility index (Phi) is 4.56. The summed E-state index contributed by atoms with van der Waals surface area (Å²) in [6.07, 6.45) is 0. The van der Waals surface area contributed by atoms with Crippen LogP contribution in [-0.2, 0) is 0 Å². The summed E-state index contributed by atoms with van der Waals surface area (Å²) in [7, 11) is 2.92. The molecule has 0 aliphatic carbocycles. The van der Waals surface area contributed by atoms with Gasteiger partial charge in [-0.25, -0.2) is 4.39 Å². The summed E-state index contributed by atoms with van der Waals surface area (Å²) in [6, 6.07) is 1.26. The van der Waals surface area contributed by atoms with E-state index in [-0.39, 0.29) is 12.5 Å². The molecular weight excluding hydrogens is 279 g/mol. The molecule has 0 radical (unpaired) electrons. The van der Waals surface area contributed by atoms with Crippen LogP contribution >= 0.6 is 15.9 Å². The van der Waals surface area contributed by atoms with Crippen LogP contribution in [0.5, 0.6) is 11.5 Å². The van der Waals surface area contributed by atoms with Gasteiger partial charge in [-0.2, -0.15) is 0 Å². The molecule has 0 aromatic heterocycles. The number of benzene rings is 1. The van der Waals surface area contributed by atoms with Crippen LogP contribution in [0, 0.1) is 5.82 Å². The van der Waals surface area contributed by atoms with E-state index in [0.717, 1.165) is 0 Å². The van der Waals surface area contributed by atoms with Gasteiger partial charge in [0.15, 0.2) is 11.5 Å². The highest BCUT2D eigenvalue weighted by molar-refractivity contribution is 9.10. The lowest BCUT2D eigenvalue weighted by Crippen LogP contribution is -2.05. The summed E-state index contributed by atoms with van der Waals surface area (Å²) in [5, 5.41) is 9.07. The first-order valence-electron chi connectivity index (χ1n) is 4.77. The van der Waals surface area contributed by atoms with E-state index in [9.17, 15) is 4.39 Å². The van der Waals surface area contributed by atoms with Crippen LogP contribution in [0.3, 0.4) is 0 Å². The number of rotatable bonds is 4. The molecule has 0 heterocycles. The fourth-order valence-electron chi connectivity index (χ4n) is 1.48. The highest BCUT2D eigenvalue weighted by Crippen LogP contribution is 2.41. The normalized spacial score (nSPS) is 12.4. The number of halogens is 2. The molecule has 1 unspecified atom stereocenters. The van der Waals surface area contributed by atoms with Gasteiger partial charge in [-0.15, -0.1) is 0 Å². The number of aliphatic hydroxyl groups is 1. The maximum absolute atomic E-state index is 13.8. The molecule has 0 aliphatic heterocycles. The van der Waals surface area contributed by atoms with Crippen LogP contribution in [0.25, 0.3) is 0 Å². The Balaban J connectivity index is 3.40. The third-order valence-corrected chi connectivity index (χ3v) is 3.15. The van der Waals surface area contributed by atoms with Crippen molar-refractivity contribution in [2.45, 2.75) is 12.8 Å². The molecule has 1 aromatic rings. The smallest absolute Gasteiger partial charge is 0.175 e. The van der Waals surface area contributed by atoms with Gasteiger partial charge in [0, 0.05) is 24.2 Å². The van der Waals surface area contributed by atoms with Crippen molar-refractivity contribution < 1.29 is 19.0 Å². The lowest BCUT2D eigenvalue weighted by atomic mass is 10.0. The minimum Gasteiger partial charge on any atom is -0.493 e. The van der Waals surface area contributed by atoms with Crippen molar-refractivity contribution in [3.8, 4) is 11.5 Å². The zero-order valence-corrected chi connectivity index (χ0v) is 11.0. The van der Waals surface area contributed by atoms with Crippen molar-refractivity contribution in [2.75, 3.05) is 20.8 Å². The van der Waals surface area contributed by atoms with Crippen molar-refractivity contribution in [1.29, 1.82) is 0 Å². The number of aliphatic hydroxyl groups excluding tert-OH is 1. The van der Waals surface area contributed by atoms with Crippen LogP contribution in [-0.4, -0.2) is 25.9 Å². The van der Waals surface area contributed by atoms with Gasteiger partial charge in [0.25, 0.3) is 0 Å². The zero-order valence-electron chi connectivity index (χ0n) is 9.38. The second-order valence-electron chi connectivity index (χ2n) is 3.41. The molecule has 1 N–H and O–H groups in total. The number of hydrogen-bond acceptors (Lipinski definition) is 3. The average molecular weight is 293 g/mol. The van der Waals surface area contributed by atoms with E-state index in [4.69, 9.17) is 14.6 Å². The monoisotopic (exact) mass is 292 g/mol. The van der Waals surface area contributed by atoms with E-state index in [0.29, 0.717) is 21.5 Å². The summed E-state index contributed by atoms with van der Waals surface area (Å²) >= 11 is 3.27. The van der Waals surface area contributed by atoms with Gasteiger partial charge in [0.2, 0.25) is 0 Å². The molecule has 0 bridgehead atoms. The van der Waals surface area contributed by atoms with E-state index < -0.39 is 5.82 Å². The van der Waals surface area contributed by atoms with Crippen molar-refractivity contribution >= 4 is 15.9 Å². The average Bonchev–Trinajstić information content (AvgIpc) is 2.27. The topological polar surface area (TPSA) is 38.7 Å². The molecule has 5 heteroatoms. The first-order valence-corrected chi connectivity index (χ1v) is 5.56. The van der Waals surface area contributed by atoms with Gasteiger partial charge in [-0.3, -0.25) is 0 Å². The second kappa shape index (κ2) is 5.50. The molecule has 1 rings (SSSR count). The lowest BCUT2D eigenvalue weighted by molar-refractivity contribution is 0.269. The van der Waals surface area contributed by atoms with Gasteiger partial charge in [0.1, 0.15) is 5.82 Å². The SMILES string of the molecule is COc1cc(F)c(C(C)CO)c(Br)c1OC. The first kappa shape index (κ1) is 13.3. The molecule has 0 saturated carbocycles. The van der Waals surface area contributed by atoms with Gasteiger partial charge in [-0.05, 0) is 15.9 Å². The molecule has 0 aliphatic rings. The van der Waals surface area contributed by atoms with Crippen LogP contribution < -0.4 is 9.47 Å². The molecular formula is C11H14BrFO3. The number of methoxy groups -OCH3 is 2. The Morgan fingerprint density at radius 2 is 2.06 bits per heavy atom. The van der Waals surface area contributed by atoms with E-state index in [1.165, 1.54) is 20.3 Å². The third-order valence-electron chi connectivity index (χ3n) is 2.37. The maximum atomic E-state index is 13.8. The predicted molar refractivity (Wildman–Crippen MR) is 62.7 cm³/mol. The molecule has 90 valence electrons. The number of hydrogen-bond donors (Lipinski definition) is 1. The molecule has 1 aromatic carbocycles. The lowest BCUT2D eigenvalue weighted by Gasteiger charge is -2.17. The predicted octanol–water partition coefficient (Wildman–Crippen LogP) is 2.70. The fourth-order valence-corrected chi connectivity index (χ4v) is 2.42. The second-order valence-corrected chi connectivity index (χ2v) is 4.20. The third kappa shape index (κ3) is 2.30. The summed E-state index contributed by atoms with van der Waals surface area (Å²) in [4.78, 5) is 0. The van der Waals surface area contributed by atoms with Gasteiger partial charge in [-0.1, -0.05) is 6.92 Å². The summed E-state index contributed by atoms with van der Waals surface area (Å²) in [5.74, 6) is 0.0141. The Morgan fingerprint density at radius 3 is 2.50 bits per heavy atom. The first-order chi connectivity index (χ1) is 7.56. The zero-order chi connectivity index (χ0) is 12.3. The minimum atomic E-state index is -0.425. The molecule has 0 fully saturated rings. The molecule has 16 heavy (non-hydrogen) atoms. The largest absolute Gasteiger partial charge is 0.493 e. The van der Waals surface area contributed by atoms with Crippen molar-refractivity contribution in [1.82, 2.24) is 0 Å². The van der Waals surface area contributed by atoms with E-state index in [1.807, 2.05) is 0 Å². The molecule has 0 spiro atoms. The molecule has 0 saturated heterocycles. The summed E-state index contributed by atoms with van der Waals surface area (Å²) < 4.78 is 24.4. The Hall–Kier alpha value is -0.810. The van der Waals surface area contributed by atoms with Crippen molar-refractivity contribution in [2.24, 2.45) is 0 Å². The van der Waals surface area contributed by atoms with E-state index in [1.54, 1.807) is 6.92 Å². The highest BCUT2D eigenvalue weighted by atomic mass is 79.9. The van der Waals surface area contributed by atoms with Crippen LogP contribution in [0.15, 0.2) is 10.5 Å². The van der Waals surface area contributed by atoms with Crippen LogP contribution in [0.1, 0.15) is 18.4 Å². The van der Waals surface area contributed by atoms with Crippen molar-refractivity contribution in [3.63, 3.8) is 0 Å². The van der Waals surface area contributed by atoms with Gasteiger partial charge < -0.3 is 14.6 Å². The fraction of sp³-hybridized carbons (Fsp3) is 0.455. The van der Waals surface area contributed by atoms with E-state index in [2.05, 4.69) is 15.9 Å². The standard InChI is InChI=1S/C11H14BrFO3/c1-6(5-14)9-7(13)4-8(15-2)11(16-3)10(9)12/h4,6,14H,5H2,1-3H3. The van der Waals surface area contributed by atoms with Crippen molar-refractivity contribution in [3.05, 3.63) is 21.9 Å². The maximum Gasteiger partial charge on any atom is 0.175 e. The Labute approximate surface area is 102 Å². The Bertz CT molecular complexity index is 382. The van der Waals surface area contributed by atoms with Crippen LogP contribution in [0.4, 0.5) is 4.39 Å². The van der Waals surface area contributed by atoms with Gasteiger partial charge >= 0.3 is 0 Å². The van der Waals surface area contributed by atoms with Gasteiger partial charge in [0.05, 0.1) is 18.7 Å². The quantitative estimate of drug-likeness (QED) is 0.927. The van der Waals surface area contributed by atoms with Crippen LogP contribution in [0.2, 0.25) is 0 Å². The summed E-state index contributed by atoms with van der Waals surface area (Å²) in [6.45, 7) is 1.60. The molecule has 0 amide bonds. The number of ether oxygens (including phenoxy) is 2. The minimum absolute atomic E-state index is 0.134.